The van der Waals surface area contributed by atoms with E-state index >= 15 is 0 Å². The maximum Gasteiger partial charge on any atom is 0.251 e. The van der Waals surface area contributed by atoms with Crippen LogP contribution in [0.4, 0.5) is 5.69 Å². The maximum atomic E-state index is 12.4. The van der Waals surface area contributed by atoms with E-state index in [0.29, 0.717) is 29.1 Å². The molecule has 0 aliphatic carbocycles. The molecule has 0 bridgehead atoms. The number of carbonyl (C=O) groups excluding carboxylic acids is 2. The second-order valence-corrected chi connectivity index (χ2v) is 7.23. The van der Waals surface area contributed by atoms with Crippen molar-refractivity contribution in [3.05, 3.63) is 101 Å². The van der Waals surface area contributed by atoms with Gasteiger partial charge in [-0.1, -0.05) is 41.9 Å². The highest BCUT2D eigenvalue weighted by atomic mass is 35.5. The van der Waals surface area contributed by atoms with Crippen LogP contribution in [0.3, 0.4) is 0 Å². The smallest absolute Gasteiger partial charge is 0.251 e. The summed E-state index contributed by atoms with van der Waals surface area (Å²) in [7, 11) is 0. The first-order valence-electron chi connectivity index (χ1n) is 9.51. The van der Waals surface area contributed by atoms with Gasteiger partial charge in [0.2, 0.25) is 0 Å². The lowest BCUT2D eigenvalue weighted by molar-refractivity contribution is 0.0938. The third kappa shape index (κ3) is 5.93. The fraction of sp³-hybridized carbons (Fsp3) is 0.167. The van der Waals surface area contributed by atoms with Gasteiger partial charge in [-0.15, -0.1) is 0 Å². The number of Topliss-reactive ketones (excluding diaryl/α,β-unsaturated/α-hetero) is 1. The van der Waals surface area contributed by atoms with Gasteiger partial charge in [0.05, 0.1) is 6.04 Å². The third-order valence-corrected chi connectivity index (χ3v) is 4.89. The fourth-order valence-electron chi connectivity index (χ4n) is 2.94. The summed E-state index contributed by atoms with van der Waals surface area (Å²) < 4.78 is 0. The summed E-state index contributed by atoms with van der Waals surface area (Å²) in [6.45, 7) is 2.47. The van der Waals surface area contributed by atoms with Crippen molar-refractivity contribution in [3.8, 4) is 0 Å². The van der Waals surface area contributed by atoms with Crippen LogP contribution < -0.4 is 10.6 Å². The molecule has 4 nitrogen and oxygen atoms in total. The molecule has 3 aromatic rings. The van der Waals surface area contributed by atoms with E-state index < -0.39 is 0 Å². The summed E-state index contributed by atoms with van der Waals surface area (Å²) in [5.74, 6) is -0.0640. The average molecular weight is 407 g/mol. The van der Waals surface area contributed by atoms with Crippen LogP contribution in [0.1, 0.15) is 45.7 Å². The molecule has 0 radical (unpaired) electrons. The van der Waals surface area contributed by atoms with Crippen LogP contribution in [0.25, 0.3) is 0 Å². The van der Waals surface area contributed by atoms with Gasteiger partial charge in [0, 0.05) is 34.8 Å². The van der Waals surface area contributed by atoms with E-state index in [1.54, 1.807) is 36.4 Å². The van der Waals surface area contributed by atoms with Crippen LogP contribution in [-0.4, -0.2) is 18.2 Å². The lowest BCUT2D eigenvalue weighted by Crippen LogP contribution is -2.26. The average Bonchev–Trinajstić information content (AvgIpc) is 2.75. The molecular weight excluding hydrogens is 384 g/mol. The van der Waals surface area contributed by atoms with Gasteiger partial charge in [0.25, 0.3) is 5.91 Å². The van der Waals surface area contributed by atoms with Gasteiger partial charge in [0.1, 0.15) is 0 Å². The Labute approximate surface area is 175 Å². The molecule has 0 saturated carbocycles. The molecule has 0 aliphatic heterocycles. The number of halogens is 1. The van der Waals surface area contributed by atoms with Crippen molar-refractivity contribution in [2.24, 2.45) is 0 Å². The Morgan fingerprint density at radius 1 is 0.862 bits per heavy atom. The fourth-order valence-corrected chi connectivity index (χ4v) is 3.07. The summed E-state index contributed by atoms with van der Waals surface area (Å²) in [6.07, 6.45) is 0.373. The number of benzene rings is 3. The highest BCUT2D eigenvalue weighted by molar-refractivity contribution is 6.30. The third-order valence-electron chi connectivity index (χ3n) is 4.64. The highest BCUT2D eigenvalue weighted by Gasteiger charge is 2.11. The zero-order valence-corrected chi connectivity index (χ0v) is 16.9. The normalized spacial score (nSPS) is 11.5. The minimum absolute atomic E-state index is 0.0556. The molecule has 3 aromatic carbocycles. The molecule has 3 rings (SSSR count). The van der Waals surface area contributed by atoms with Gasteiger partial charge < -0.3 is 10.6 Å². The van der Waals surface area contributed by atoms with Gasteiger partial charge in [-0.25, -0.2) is 0 Å². The summed E-state index contributed by atoms with van der Waals surface area (Å²) in [5, 5.41) is 6.82. The number of rotatable bonds is 8. The summed E-state index contributed by atoms with van der Waals surface area (Å²) >= 11 is 5.84. The van der Waals surface area contributed by atoms with E-state index in [2.05, 4.69) is 10.6 Å². The zero-order chi connectivity index (χ0) is 20.6. The van der Waals surface area contributed by atoms with Crippen LogP contribution in [0, 0.1) is 0 Å². The van der Waals surface area contributed by atoms with E-state index in [4.69, 9.17) is 11.6 Å². The first-order valence-corrected chi connectivity index (χ1v) is 9.89. The van der Waals surface area contributed by atoms with Crippen LogP contribution in [0.15, 0.2) is 78.9 Å². The van der Waals surface area contributed by atoms with Gasteiger partial charge in [-0.2, -0.15) is 0 Å². The molecule has 0 aromatic heterocycles. The molecule has 1 amide bonds. The van der Waals surface area contributed by atoms with Crippen LogP contribution in [-0.2, 0) is 0 Å². The Hall–Kier alpha value is -3.11. The predicted molar refractivity (Wildman–Crippen MR) is 118 cm³/mol. The van der Waals surface area contributed by atoms with E-state index in [1.165, 1.54) is 0 Å². The summed E-state index contributed by atoms with van der Waals surface area (Å²) in [6, 6.07) is 23.9. The number of amides is 1. The lowest BCUT2D eigenvalue weighted by Gasteiger charge is -2.14. The largest absolute Gasteiger partial charge is 0.385 e. The number of hydrogen-bond acceptors (Lipinski definition) is 3. The molecular formula is C24H23ClN2O2. The van der Waals surface area contributed by atoms with Crippen molar-refractivity contribution >= 4 is 29.0 Å². The number of ketones is 1. The second-order valence-electron chi connectivity index (χ2n) is 6.79. The lowest BCUT2D eigenvalue weighted by atomic mass is 10.1. The van der Waals surface area contributed by atoms with Gasteiger partial charge >= 0.3 is 0 Å². The molecule has 0 saturated heterocycles. The molecule has 2 N–H and O–H groups in total. The SMILES string of the molecule is C[C@@H](NC(=O)c1ccc(NCCC(=O)c2ccc(Cl)cc2)cc1)c1ccccc1. The van der Waals surface area contributed by atoms with E-state index in [-0.39, 0.29) is 17.7 Å². The maximum absolute atomic E-state index is 12.4. The van der Waals surface area contributed by atoms with Crippen molar-refractivity contribution in [2.75, 3.05) is 11.9 Å². The molecule has 1 atom stereocenters. The van der Waals surface area contributed by atoms with Gasteiger partial charge in [0.15, 0.2) is 5.78 Å². The molecule has 0 heterocycles. The molecule has 0 spiro atoms. The standard InChI is InChI=1S/C24H23ClN2O2/c1-17(18-5-3-2-4-6-18)27-24(29)20-9-13-22(14-10-20)26-16-15-23(28)19-7-11-21(25)12-8-19/h2-14,17,26H,15-16H2,1H3,(H,27,29)/t17-/m1/s1. The second kappa shape index (κ2) is 9.89. The topological polar surface area (TPSA) is 58.2 Å². The molecule has 0 unspecified atom stereocenters. The number of carbonyl (C=O) groups is 2. The molecule has 148 valence electrons. The minimum Gasteiger partial charge on any atom is -0.385 e. The summed E-state index contributed by atoms with van der Waals surface area (Å²) in [5.41, 5.74) is 3.16. The monoisotopic (exact) mass is 406 g/mol. The van der Waals surface area contributed by atoms with Crippen molar-refractivity contribution in [2.45, 2.75) is 19.4 Å². The number of nitrogens with one attached hydrogen (secondary N) is 2. The first-order chi connectivity index (χ1) is 14.0. The Kier molecular flexibility index (Phi) is 7.04. The van der Waals surface area contributed by atoms with Gasteiger partial charge in [-0.3, -0.25) is 9.59 Å². The van der Waals surface area contributed by atoms with Crippen molar-refractivity contribution in [1.29, 1.82) is 0 Å². The predicted octanol–water partition coefficient (Wildman–Crippen LogP) is 5.52. The van der Waals surface area contributed by atoms with Crippen LogP contribution in [0.2, 0.25) is 5.02 Å². The van der Waals surface area contributed by atoms with Crippen molar-refractivity contribution < 1.29 is 9.59 Å². The van der Waals surface area contributed by atoms with Crippen LogP contribution in [0.5, 0.6) is 0 Å². The van der Waals surface area contributed by atoms with E-state index in [9.17, 15) is 9.59 Å². The van der Waals surface area contributed by atoms with Crippen LogP contribution >= 0.6 is 11.6 Å². The minimum atomic E-state index is -0.120. The zero-order valence-electron chi connectivity index (χ0n) is 16.2. The molecule has 29 heavy (non-hydrogen) atoms. The Bertz CT molecular complexity index is 954. The van der Waals surface area contributed by atoms with Crippen molar-refractivity contribution in [3.63, 3.8) is 0 Å². The number of anilines is 1. The molecule has 5 heteroatoms. The Morgan fingerprint density at radius 3 is 2.14 bits per heavy atom. The molecule has 0 fully saturated rings. The highest BCUT2D eigenvalue weighted by Crippen LogP contribution is 2.15. The Balaban J connectivity index is 1.48. The quantitative estimate of drug-likeness (QED) is 0.484. The Morgan fingerprint density at radius 2 is 1.48 bits per heavy atom. The van der Waals surface area contributed by atoms with Crippen molar-refractivity contribution in [1.82, 2.24) is 5.32 Å². The first kappa shape index (κ1) is 20.6. The van der Waals surface area contributed by atoms with Gasteiger partial charge in [-0.05, 0) is 61.0 Å². The number of hydrogen-bond donors (Lipinski definition) is 2. The van der Waals surface area contributed by atoms with E-state index in [0.717, 1.165) is 11.3 Å². The van der Waals surface area contributed by atoms with E-state index in [1.807, 2.05) is 49.4 Å². The summed E-state index contributed by atoms with van der Waals surface area (Å²) in [4.78, 5) is 24.6. The molecule has 0 aliphatic rings.